The number of rotatable bonds is 4. The minimum Gasteiger partial charge on any atom is -0.376 e. The van der Waals surface area contributed by atoms with Crippen LogP contribution in [0.1, 0.15) is 18.4 Å². The minimum atomic E-state index is -0.137. The molecule has 1 saturated heterocycles. The Morgan fingerprint density at radius 2 is 2.26 bits per heavy atom. The Kier molecular flexibility index (Phi) is 5.25. The molecule has 0 saturated carbocycles. The summed E-state index contributed by atoms with van der Waals surface area (Å²) in [5.74, 6) is -0.137. The Morgan fingerprint density at radius 3 is 2.95 bits per heavy atom. The van der Waals surface area contributed by atoms with E-state index in [1.165, 1.54) is 6.08 Å². The van der Waals surface area contributed by atoms with Gasteiger partial charge in [0.1, 0.15) is 0 Å². The molecule has 3 nitrogen and oxygen atoms in total. The Bertz CT molecular complexity index is 482. The first-order chi connectivity index (χ1) is 9.15. The number of carbonyl (C=O) groups is 1. The summed E-state index contributed by atoms with van der Waals surface area (Å²) in [5.41, 5.74) is 0.835. The third-order valence-electron chi connectivity index (χ3n) is 2.90. The van der Waals surface area contributed by atoms with Gasteiger partial charge in [-0.25, -0.2) is 0 Å². The first-order valence-corrected chi connectivity index (χ1v) is 6.93. The van der Waals surface area contributed by atoms with Crippen molar-refractivity contribution in [2.24, 2.45) is 0 Å². The van der Waals surface area contributed by atoms with Gasteiger partial charge in [0.15, 0.2) is 0 Å². The van der Waals surface area contributed by atoms with Gasteiger partial charge in [-0.2, -0.15) is 0 Å². The second-order valence-electron chi connectivity index (χ2n) is 4.39. The van der Waals surface area contributed by atoms with Crippen LogP contribution < -0.4 is 5.32 Å². The highest BCUT2D eigenvalue weighted by Crippen LogP contribution is 2.23. The smallest absolute Gasteiger partial charge is 0.244 e. The van der Waals surface area contributed by atoms with Crippen LogP contribution in [0.25, 0.3) is 6.08 Å². The minimum absolute atomic E-state index is 0.137. The molecule has 5 heteroatoms. The summed E-state index contributed by atoms with van der Waals surface area (Å²) in [4.78, 5) is 11.6. The zero-order valence-corrected chi connectivity index (χ0v) is 11.9. The van der Waals surface area contributed by atoms with Gasteiger partial charge in [0, 0.05) is 19.2 Å². The van der Waals surface area contributed by atoms with Crippen molar-refractivity contribution < 1.29 is 9.53 Å². The number of nitrogens with one attached hydrogen (secondary N) is 1. The summed E-state index contributed by atoms with van der Waals surface area (Å²) in [5, 5.41) is 3.79. The van der Waals surface area contributed by atoms with E-state index in [2.05, 4.69) is 5.32 Å². The monoisotopic (exact) mass is 299 g/mol. The fourth-order valence-electron chi connectivity index (χ4n) is 1.87. The van der Waals surface area contributed by atoms with E-state index in [4.69, 9.17) is 27.9 Å². The van der Waals surface area contributed by atoms with Gasteiger partial charge < -0.3 is 10.1 Å². The molecule has 1 aromatic rings. The lowest BCUT2D eigenvalue weighted by Gasteiger charge is -2.08. The molecule has 1 atom stereocenters. The molecule has 0 spiro atoms. The zero-order valence-electron chi connectivity index (χ0n) is 10.4. The second kappa shape index (κ2) is 6.94. The number of benzene rings is 1. The van der Waals surface area contributed by atoms with Crippen molar-refractivity contribution in [3.8, 4) is 0 Å². The average molecular weight is 300 g/mol. The van der Waals surface area contributed by atoms with Crippen LogP contribution in [0.4, 0.5) is 0 Å². The fourth-order valence-corrected chi connectivity index (χ4v) is 2.17. The summed E-state index contributed by atoms with van der Waals surface area (Å²) < 4.78 is 5.42. The molecule has 0 unspecified atom stereocenters. The average Bonchev–Trinajstić information content (AvgIpc) is 2.91. The lowest BCUT2D eigenvalue weighted by Crippen LogP contribution is -2.30. The predicted octanol–water partition coefficient (Wildman–Crippen LogP) is 3.30. The van der Waals surface area contributed by atoms with E-state index in [0.29, 0.717) is 16.6 Å². The van der Waals surface area contributed by atoms with E-state index in [1.54, 1.807) is 24.3 Å². The number of hydrogen-bond acceptors (Lipinski definition) is 2. The SMILES string of the molecule is O=C(/C=C/c1ccc(Cl)c(Cl)c1)NC[C@@H]1CCCO1. The maximum atomic E-state index is 11.6. The third-order valence-corrected chi connectivity index (χ3v) is 3.64. The molecule has 1 heterocycles. The molecular formula is C14H15Cl2NO2. The molecule has 1 aliphatic heterocycles. The number of halogens is 2. The number of hydrogen-bond donors (Lipinski definition) is 1. The van der Waals surface area contributed by atoms with Crippen LogP contribution in [0.2, 0.25) is 10.0 Å². The van der Waals surface area contributed by atoms with Crippen LogP contribution in [0.15, 0.2) is 24.3 Å². The summed E-state index contributed by atoms with van der Waals surface area (Å²) in [6, 6.07) is 5.22. The molecule has 2 rings (SSSR count). The normalized spacial score (nSPS) is 18.9. The number of ether oxygens (including phenoxy) is 1. The first-order valence-electron chi connectivity index (χ1n) is 6.18. The maximum absolute atomic E-state index is 11.6. The molecule has 102 valence electrons. The molecule has 0 bridgehead atoms. The standard InChI is InChI=1S/C14H15Cl2NO2/c15-12-5-3-10(8-13(12)16)4-6-14(18)17-9-11-2-1-7-19-11/h3-6,8,11H,1-2,7,9H2,(H,17,18)/b6-4+/t11-/m0/s1. The summed E-state index contributed by atoms with van der Waals surface area (Å²) >= 11 is 11.7. The second-order valence-corrected chi connectivity index (χ2v) is 5.20. The van der Waals surface area contributed by atoms with Gasteiger partial charge in [-0.3, -0.25) is 4.79 Å². The van der Waals surface area contributed by atoms with E-state index in [0.717, 1.165) is 25.0 Å². The Morgan fingerprint density at radius 1 is 1.42 bits per heavy atom. The maximum Gasteiger partial charge on any atom is 0.244 e. The Labute approximate surface area is 122 Å². The first kappa shape index (κ1) is 14.4. The van der Waals surface area contributed by atoms with Crippen LogP contribution in [-0.2, 0) is 9.53 Å². The van der Waals surface area contributed by atoms with Gasteiger partial charge in [-0.05, 0) is 36.6 Å². The van der Waals surface area contributed by atoms with Gasteiger partial charge in [0.2, 0.25) is 5.91 Å². The molecule has 1 amide bonds. The van der Waals surface area contributed by atoms with Crippen molar-refractivity contribution in [1.29, 1.82) is 0 Å². The molecule has 0 aromatic heterocycles. The summed E-state index contributed by atoms with van der Waals surface area (Å²) in [6.07, 6.45) is 5.42. The molecular weight excluding hydrogens is 285 g/mol. The lowest BCUT2D eigenvalue weighted by molar-refractivity contribution is -0.116. The quantitative estimate of drug-likeness (QED) is 0.866. The molecule has 0 radical (unpaired) electrons. The Balaban J connectivity index is 1.83. The Hall–Kier alpha value is -1.03. The highest BCUT2D eigenvalue weighted by molar-refractivity contribution is 6.42. The van der Waals surface area contributed by atoms with Gasteiger partial charge in [0.25, 0.3) is 0 Å². The van der Waals surface area contributed by atoms with Crippen molar-refractivity contribution >= 4 is 35.2 Å². The molecule has 1 N–H and O–H groups in total. The van der Waals surface area contributed by atoms with Crippen LogP contribution in [0.3, 0.4) is 0 Å². The van der Waals surface area contributed by atoms with E-state index < -0.39 is 0 Å². The van der Waals surface area contributed by atoms with E-state index in [-0.39, 0.29) is 12.0 Å². The van der Waals surface area contributed by atoms with Crippen molar-refractivity contribution in [2.45, 2.75) is 18.9 Å². The number of carbonyl (C=O) groups excluding carboxylic acids is 1. The number of amides is 1. The van der Waals surface area contributed by atoms with Gasteiger partial charge in [-0.1, -0.05) is 29.3 Å². The van der Waals surface area contributed by atoms with Crippen molar-refractivity contribution in [3.63, 3.8) is 0 Å². The molecule has 19 heavy (non-hydrogen) atoms. The topological polar surface area (TPSA) is 38.3 Å². The van der Waals surface area contributed by atoms with Gasteiger partial charge >= 0.3 is 0 Å². The van der Waals surface area contributed by atoms with Crippen LogP contribution in [0, 0.1) is 0 Å². The molecule has 1 fully saturated rings. The largest absolute Gasteiger partial charge is 0.376 e. The van der Waals surface area contributed by atoms with Crippen molar-refractivity contribution in [3.05, 3.63) is 39.9 Å². The van der Waals surface area contributed by atoms with Crippen LogP contribution in [-0.4, -0.2) is 25.2 Å². The molecule has 0 aliphatic carbocycles. The van der Waals surface area contributed by atoms with E-state index in [9.17, 15) is 4.79 Å². The van der Waals surface area contributed by atoms with Crippen LogP contribution >= 0.6 is 23.2 Å². The fraction of sp³-hybridized carbons (Fsp3) is 0.357. The van der Waals surface area contributed by atoms with Gasteiger partial charge in [0.05, 0.1) is 16.1 Å². The predicted molar refractivity (Wildman–Crippen MR) is 77.5 cm³/mol. The van der Waals surface area contributed by atoms with E-state index in [1.807, 2.05) is 0 Å². The van der Waals surface area contributed by atoms with Crippen molar-refractivity contribution in [2.75, 3.05) is 13.2 Å². The summed E-state index contributed by atoms with van der Waals surface area (Å²) in [7, 11) is 0. The highest BCUT2D eigenvalue weighted by atomic mass is 35.5. The van der Waals surface area contributed by atoms with Crippen molar-refractivity contribution in [1.82, 2.24) is 5.32 Å². The van der Waals surface area contributed by atoms with Crippen LogP contribution in [0.5, 0.6) is 0 Å². The van der Waals surface area contributed by atoms with E-state index >= 15 is 0 Å². The summed E-state index contributed by atoms with van der Waals surface area (Å²) in [6.45, 7) is 1.35. The highest BCUT2D eigenvalue weighted by Gasteiger charge is 2.15. The third kappa shape index (κ3) is 4.53. The zero-order chi connectivity index (χ0) is 13.7. The molecule has 1 aliphatic rings. The molecule has 1 aromatic carbocycles. The van der Waals surface area contributed by atoms with Gasteiger partial charge in [-0.15, -0.1) is 0 Å². The lowest BCUT2D eigenvalue weighted by atomic mass is 10.2.